The van der Waals surface area contributed by atoms with Crippen molar-refractivity contribution >= 4 is 0 Å². The van der Waals surface area contributed by atoms with Crippen molar-refractivity contribution in [2.24, 2.45) is 5.41 Å². The third-order valence-electron chi connectivity index (χ3n) is 3.91. The lowest BCUT2D eigenvalue weighted by atomic mass is 9.64. The van der Waals surface area contributed by atoms with E-state index in [1.54, 1.807) is 0 Å². The molecule has 1 fully saturated rings. The lowest BCUT2D eigenvalue weighted by Crippen LogP contribution is -2.48. The van der Waals surface area contributed by atoms with E-state index >= 15 is 0 Å². The molecule has 0 unspecified atom stereocenters. The van der Waals surface area contributed by atoms with E-state index in [0.29, 0.717) is 5.41 Å². The summed E-state index contributed by atoms with van der Waals surface area (Å²) >= 11 is 0. The van der Waals surface area contributed by atoms with Gasteiger partial charge in [-0.05, 0) is 38.2 Å². The van der Waals surface area contributed by atoms with Crippen molar-refractivity contribution in [3.63, 3.8) is 0 Å². The number of hydrogen-bond acceptors (Lipinski definition) is 1. The first-order valence-electron chi connectivity index (χ1n) is 5.49. The molecule has 1 heteroatoms. The molecule has 2 aliphatic rings. The van der Waals surface area contributed by atoms with Gasteiger partial charge in [0, 0.05) is 5.41 Å². The van der Waals surface area contributed by atoms with Gasteiger partial charge in [0.05, 0.1) is 6.26 Å². The van der Waals surface area contributed by atoms with Crippen molar-refractivity contribution in [2.75, 3.05) is 0 Å². The predicted molar refractivity (Wildman–Crippen MR) is 54.4 cm³/mol. The molecule has 1 aliphatic carbocycles. The molecular weight excluding hydrogens is 160 g/mol. The predicted octanol–water partition coefficient (Wildman–Crippen LogP) is 3.65. The van der Waals surface area contributed by atoms with E-state index in [4.69, 9.17) is 4.74 Å². The summed E-state index contributed by atoms with van der Waals surface area (Å²) in [6.07, 6.45) is 11.9. The van der Waals surface area contributed by atoms with Gasteiger partial charge < -0.3 is 4.74 Å². The fraction of sp³-hybridized carbons (Fsp3) is 0.833. The van der Waals surface area contributed by atoms with Crippen LogP contribution in [0.25, 0.3) is 0 Å². The van der Waals surface area contributed by atoms with E-state index in [0.717, 1.165) is 0 Å². The van der Waals surface area contributed by atoms with E-state index in [9.17, 15) is 0 Å². The highest BCUT2D eigenvalue weighted by molar-refractivity contribution is 5.04. The molecule has 0 N–H and O–H groups in total. The van der Waals surface area contributed by atoms with Crippen LogP contribution in [-0.2, 0) is 4.74 Å². The molecule has 1 heterocycles. The highest BCUT2D eigenvalue weighted by atomic mass is 16.5. The first-order chi connectivity index (χ1) is 6.16. The minimum Gasteiger partial charge on any atom is -0.495 e. The molecule has 1 saturated carbocycles. The number of allylic oxidation sites excluding steroid dienone is 1. The van der Waals surface area contributed by atoms with Crippen LogP contribution in [0.5, 0.6) is 0 Å². The monoisotopic (exact) mass is 180 g/mol. The molecule has 0 aromatic carbocycles. The molecule has 2 rings (SSSR count). The summed E-state index contributed by atoms with van der Waals surface area (Å²) in [5.41, 5.74) is 0.502. The number of rotatable bonds is 0. The molecule has 0 radical (unpaired) electrons. The molecule has 74 valence electrons. The summed E-state index contributed by atoms with van der Waals surface area (Å²) < 4.78 is 5.94. The van der Waals surface area contributed by atoms with Crippen molar-refractivity contribution < 1.29 is 4.74 Å². The van der Waals surface area contributed by atoms with Crippen molar-refractivity contribution in [1.29, 1.82) is 0 Å². The topological polar surface area (TPSA) is 9.23 Å². The Balaban J connectivity index is 2.22. The zero-order valence-electron chi connectivity index (χ0n) is 8.81. The molecule has 0 aromatic rings. The van der Waals surface area contributed by atoms with Crippen molar-refractivity contribution in [2.45, 2.75) is 58.0 Å². The second-order valence-electron chi connectivity index (χ2n) is 5.13. The van der Waals surface area contributed by atoms with Crippen LogP contribution >= 0.6 is 0 Å². The summed E-state index contributed by atoms with van der Waals surface area (Å²) in [6.45, 7) is 4.70. The average Bonchev–Trinajstić information content (AvgIpc) is 2.12. The molecule has 0 amide bonds. The minimum atomic E-state index is 0.167. The largest absolute Gasteiger partial charge is 0.495 e. The van der Waals surface area contributed by atoms with Crippen LogP contribution in [0.4, 0.5) is 0 Å². The smallest absolute Gasteiger partial charge is 0.113 e. The minimum absolute atomic E-state index is 0.167. The summed E-state index contributed by atoms with van der Waals surface area (Å²) in [5.74, 6) is 0. The molecule has 0 atom stereocenters. The third kappa shape index (κ3) is 1.38. The van der Waals surface area contributed by atoms with Gasteiger partial charge in [0.1, 0.15) is 5.60 Å². The summed E-state index contributed by atoms with van der Waals surface area (Å²) in [4.78, 5) is 0. The standard InChI is InChI=1S/C12H20O/c1-11(2)7-6-10-13-12(11)8-4-3-5-9-12/h6,10H,3-5,7-9H2,1-2H3. The van der Waals surface area contributed by atoms with Gasteiger partial charge in [-0.2, -0.15) is 0 Å². The molecule has 13 heavy (non-hydrogen) atoms. The third-order valence-corrected chi connectivity index (χ3v) is 3.91. The van der Waals surface area contributed by atoms with Crippen molar-refractivity contribution in [1.82, 2.24) is 0 Å². The van der Waals surface area contributed by atoms with Gasteiger partial charge in [-0.3, -0.25) is 0 Å². The zero-order valence-corrected chi connectivity index (χ0v) is 8.81. The normalized spacial score (nSPS) is 30.0. The van der Waals surface area contributed by atoms with Crippen LogP contribution in [0.3, 0.4) is 0 Å². The van der Waals surface area contributed by atoms with Crippen molar-refractivity contribution in [3.05, 3.63) is 12.3 Å². The van der Waals surface area contributed by atoms with Gasteiger partial charge in [0.25, 0.3) is 0 Å². The molecule has 0 saturated heterocycles. The van der Waals surface area contributed by atoms with Crippen LogP contribution in [0.2, 0.25) is 0 Å². The Kier molecular flexibility index (Phi) is 2.13. The van der Waals surface area contributed by atoms with Crippen molar-refractivity contribution in [3.8, 4) is 0 Å². The van der Waals surface area contributed by atoms with Gasteiger partial charge in [0.2, 0.25) is 0 Å². The Morgan fingerprint density at radius 3 is 2.38 bits per heavy atom. The highest BCUT2D eigenvalue weighted by Gasteiger charge is 2.47. The van der Waals surface area contributed by atoms with E-state index < -0.39 is 0 Å². The molecular formula is C12H20O. The fourth-order valence-electron chi connectivity index (χ4n) is 2.78. The second kappa shape index (κ2) is 3.04. The Labute approximate surface area is 81.2 Å². The molecule has 1 nitrogen and oxygen atoms in total. The SMILES string of the molecule is CC1(C)CC=COC12CCCCC2. The van der Waals surface area contributed by atoms with Gasteiger partial charge >= 0.3 is 0 Å². The molecule has 1 aliphatic heterocycles. The molecule has 1 spiro atoms. The lowest BCUT2D eigenvalue weighted by molar-refractivity contribution is -0.111. The maximum absolute atomic E-state index is 5.94. The van der Waals surface area contributed by atoms with E-state index in [1.807, 2.05) is 6.26 Å². The lowest BCUT2D eigenvalue weighted by Gasteiger charge is -2.50. The van der Waals surface area contributed by atoms with Gasteiger partial charge in [0.15, 0.2) is 0 Å². The zero-order chi connectivity index (χ0) is 9.36. The second-order valence-corrected chi connectivity index (χ2v) is 5.13. The Hall–Kier alpha value is -0.460. The van der Waals surface area contributed by atoms with Gasteiger partial charge in [-0.1, -0.05) is 20.3 Å². The Morgan fingerprint density at radius 1 is 1.08 bits per heavy atom. The Morgan fingerprint density at radius 2 is 1.77 bits per heavy atom. The van der Waals surface area contributed by atoms with E-state index in [1.165, 1.54) is 38.5 Å². The first kappa shape index (κ1) is 9.11. The molecule has 0 bridgehead atoms. The van der Waals surface area contributed by atoms with Crippen LogP contribution in [0.1, 0.15) is 52.4 Å². The number of ether oxygens (including phenoxy) is 1. The van der Waals surface area contributed by atoms with Crippen LogP contribution < -0.4 is 0 Å². The van der Waals surface area contributed by atoms with Crippen LogP contribution in [-0.4, -0.2) is 5.60 Å². The van der Waals surface area contributed by atoms with E-state index in [-0.39, 0.29) is 5.60 Å². The van der Waals surface area contributed by atoms with Crippen LogP contribution in [0, 0.1) is 5.41 Å². The van der Waals surface area contributed by atoms with E-state index in [2.05, 4.69) is 19.9 Å². The summed E-state index contributed by atoms with van der Waals surface area (Å²) in [6, 6.07) is 0. The average molecular weight is 180 g/mol. The maximum atomic E-state index is 5.94. The highest BCUT2D eigenvalue weighted by Crippen LogP contribution is 2.49. The fourth-order valence-corrected chi connectivity index (χ4v) is 2.78. The summed E-state index contributed by atoms with van der Waals surface area (Å²) in [7, 11) is 0. The number of hydrogen-bond donors (Lipinski definition) is 0. The van der Waals surface area contributed by atoms with Gasteiger partial charge in [-0.15, -0.1) is 0 Å². The first-order valence-corrected chi connectivity index (χ1v) is 5.49. The van der Waals surface area contributed by atoms with Gasteiger partial charge in [-0.25, -0.2) is 0 Å². The molecule has 0 aromatic heterocycles. The maximum Gasteiger partial charge on any atom is 0.113 e. The Bertz CT molecular complexity index is 209. The van der Waals surface area contributed by atoms with Crippen LogP contribution in [0.15, 0.2) is 12.3 Å². The quantitative estimate of drug-likeness (QED) is 0.553. The summed E-state index contributed by atoms with van der Waals surface area (Å²) in [5, 5.41) is 0.